The molecule has 0 bridgehead atoms. The lowest BCUT2D eigenvalue weighted by Gasteiger charge is -2.62. The second-order valence-electron chi connectivity index (χ2n) is 9.11. The van der Waals surface area contributed by atoms with Gasteiger partial charge in [-0.25, -0.2) is 0 Å². The van der Waals surface area contributed by atoms with E-state index in [1.54, 1.807) is 0 Å². The third-order valence-electron chi connectivity index (χ3n) is 8.67. The minimum absolute atomic E-state index is 0.166. The van der Waals surface area contributed by atoms with E-state index in [-0.39, 0.29) is 5.41 Å². The highest BCUT2D eigenvalue weighted by Crippen LogP contribution is 2.66. The van der Waals surface area contributed by atoms with Gasteiger partial charge in [0, 0.05) is 11.1 Å². The summed E-state index contributed by atoms with van der Waals surface area (Å²) in [5.41, 5.74) is 0.825. The van der Waals surface area contributed by atoms with Crippen LogP contribution in [0.2, 0.25) is 0 Å². The van der Waals surface area contributed by atoms with E-state index in [1.165, 1.54) is 44.9 Å². The van der Waals surface area contributed by atoms with Crippen molar-refractivity contribution >= 4 is 5.71 Å². The zero-order chi connectivity index (χ0) is 15.6. The summed E-state index contributed by atoms with van der Waals surface area (Å²) in [6, 6.07) is 0. The van der Waals surface area contributed by atoms with Crippen LogP contribution in [-0.4, -0.2) is 16.4 Å². The Balaban J connectivity index is 1.72. The van der Waals surface area contributed by atoms with E-state index in [1.807, 2.05) is 0 Å². The number of hydrazone groups is 1. The van der Waals surface area contributed by atoms with Crippen LogP contribution in [0.1, 0.15) is 78.1 Å². The quantitative estimate of drug-likeness (QED) is 0.527. The summed E-state index contributed by atoms with van der Waals surface area (Å²) in [7, 11) is 0. The summed E-state index contributed by atoms with van der Waals surface area (Å²) in [6.07, 6.45) is 12.3. The van der Waals surface area contributed by atoms with Crippen molar-refractivity contribution in [3.63, 3.8) is 0 Å². The molecule has 3 heteroatoms. The number of hydrogen-bond donors (Lipinski definition) is 2. The molecule has 4 fully saturated rings. The maximum atomic E-state index is 11.7. The number of hydrogen-bond acceptors (Lipinski definition) is 3. The van der Waals surface area contributed by atoms with E-state index in [4.69, 9.17) is 5.84 Å². The van der Waals surface area contributed by atoms with Crippen LogP contribution in [-0.2, 0) is 0 Å². The van der Waals surface area contributed by atoms with Gasteiger partial charge in [-0.2, -0.15) is 5.10 Å². The van der Waals surface area contributed by atoms with E-state index in [0.717, 1.165) is 30.9 Å². The Morgan fingerprint density at radius 3 is 2.59 bits per heavy atom. The molecule has 124 valence electrons. The Hall–Kier alpha value is -0.570. The second-order valence-corrected chi connectivity index (χ2v) is 9.11. The Morgan fingerprint density at radius 2 is 1.82 bits per heavy atom. The molecule has 0 aromatic heterocycles. The molecule has 0 aliphatic heterocycles. The van der Waals surface area contributed by atoms with Gasteiger partial charge in [-0.15, -0.1) is 0 Å². The van der Waals surface area contributed by atoms with Gasteiger partial charge in [0.2, 0.25) is 0 Å². The van der Waals surface area contributed by atoms with Crippen molar-refractivity contribution in [2.75, 3.05) is 0 Å². The molecule has 4 aliphatic carbocycles. The molecule has 1 unspecified atom stereocenters. The zero-order valence-electron chi connectivity index (χ0n) is 14.3. The SMILES string of the molecule is C[C@]12CCCCC1CC[C@@H]1[C@H]2CC[C@]2(C)C(=NN)CC[C@@]12O. The number of aliphatic hydroxyl groups is 1. The van der Waals surface area contributed by atoms with Gasteiger partial charge in [-0.05, 0) is 74.5 Å². The summed E-state index contributed by atoms with van der Waals surface area (Å²) in [6.45, 7) is 4.78. The molecule has 0 aromatic carbocycles. The highest BCUT2D eigenvalue weighted by atomic mass is 16.3. The van der Waals surface area contributed by atoms with Crippen LogP contribution in [0, 0.1) is 28.6 Å². The summed E-state index contributed by atoms with van der Waals surface area (Å²) in [4.78, 5) is 0. The summed E-state index contributed by atoms with van der Waals surface area (Å²) in [5, 5.41) is 15.8. The summed E-state index contributed by atoms with van der Waals surface area (Å²) in [5.74, 6) is 7.74. The number of nitrogens with zero attached hydrogens (tertiary/aromatic N) is 1. The third kappa shape index (κ3) is 1.64. The van der Waals surface area contributed by atoms with Gasteiger partial charge in [0.1, 0.15) is 0 Å². The normalized spacial score (nSPS) is 56.3. The average Bonchev–Trinajstić information content (AvgIpc) is 2.78. The van der Waals surface area contributed by atoms with Gasteiger partial charge in [0.05, 0.1) is 5.60 Å². The average molecular weight is 304 g/mol. The van der Waals surface area contributed by atoms with Crippen molar-refractivity contribution in [2.24, 2.45) is 39.5 Å². The topological polar surface area (TPSA) is 58.6 Å². The third-order valence-corrected chi connectivity index (χ3v) is 8.67. The maximum absolute atomic E-state index is 11.7. The molecule has 3 N–H and O–H groups in total. The zero-order valence-corrected chi connectivity index (χ0v) is 14.3. The van der Waals surface area contributed by atoms with E-state index in [0.29, 0.717) is 17.3 Å². The molecular formula is C19H32N2O. The summed E-state index contributed by atoms with van der Waals surface area (Å²) < 4.78 is 0. The molecule has 0 amide bonds. The standard InChI is InChI=1S/C19H32N2O/c1-17-10-4-3-5-13(17)6-7-15-14(17)8-11-18(2)16(21-20)9-12-19(15,18)22/h13-15,22H,3-12,20H2,1-2H3/t13?,14-,15-,17+,18-,19-/m1/s1. The first-order valence-corrected chi connectivity index (χ1v) is 9.45. The van der Waals surface area contributed by atoms with Crippen LogP contribution in [0.3, 0.4) is 0 Å². The van der Waals surface area contributed by atoms with E-state index < -0.39 is 5.60 Å². The summed E-state index contributed by atoms with van der Waals surface area (Å²) >= 11 is 0. The smallest absolute Gasteiger partial charge is 0.0788 e. The van der Waals surface area contributed by atoms with Gasteiger partial charge < -0.3 is 10.9 Å². The number of fused-ring (bicyclic) bond motifs is 5. The minimum Gasteiger partial charge on any atom is -0.389 e. The second kappa shape index (κ2) is 4.72. The van der Waals surface area contributed by atoms with Crippen LogP contribution >= 0.6 is 0 Å². The van der Waals surface area contributed by atoms with E-state index >= 15 is 0 Å². The molecule has 0 aromatic rings. The van der Waals surface area contributed by atoms with Crippen LogP contribution in [0.4, 0.5) is 0 Å². The predicted octanol–water partition coefficient (Wildman–Crippen LogP) is 3.85. The van der Waals surface area contributed by atoms with Crippen molar-refractivity contribution < 1.29 is 5.11 Å². The largest absolute Gasteiger partial charge is 0.389 e. The lowest BCUT2D eigenvalue weighted by molar-refractivity contribution is -0.185. The first kappa shape index (κ1) is 15.0. The molecular weight excluding hydrogens is 272 g/mol. The highest BCUT2D eigenvalue weighted by Gasteiger charge is 2.66. The van der Waals surface area contributed by atoms with Gasteiger partial charge in [0.25, 0.3) is 0 Å². The molecule has 4 aliphatic rings. The Morgan fingerprint density at radius 1 is 1.00 bits per heavy atom. The van der Waals surface area contributed by atoms with Gasteiger partial charge >= 0.3 is 0 Å². The monoisotopic (exact) mass is 304 g/mol. The van der Waals surface area contributed by atoms with Crippen molar-refractivity contribution in [1.29, 1.82) is 0 Å². The minimum atomic E-state index is -0.556. The van der Waals surface area contributed by atoms with E-state index in [9.17, 15) is 5.11 Å². The number of rotatable bonds is 0. The molecule has 0 spiro atoms. The van der Waals surface area contributed by atoms with Crippen molar-refractivity contribution in [2.45, 2.75) is 83.7 Å². The molecule has 0 radical (unpaired) electrons. The molecule has 6 atom stereocenters. The Bertz CT molecular complexity index is 504. The molecule has 4 saturated carbocycles. The lowest BCUT2D eigenvalue weighted by atomic mass is 9.44. The molecule has 0 heterocycles. The van der Waals surface area contributed by atoms with Crippen LogP contribution < -0.4 is 5.84 Å². The molecule has 4 rings (SSSR count). The fourth-order valence-corrected chi connectivity index (χ4v) is 7.25. The van der Waals surface area contributed by atoms with Crippen LogP contribution in [0.25, 0.3) is 0 Å². The lowest BCUT2D eigenvalue weighted by Crippen LogP contribution is -2.62. The maximum Gasteiger partial charge on any atom is 0.0788 e. The number of nitrogens with two attached hydrogens (primary N) is 1. The van der Waals surface area contributed by atoms with Crippen molar-refractivity contribution in [3.8, 4) is 0 Å². The molecule has 0 saturated heterocycles. The van der Waals surface area contributed by atoms with Crippen molar-refractivity contribution in [1.82, 2.24) is 0 Å². The van der Waals surface area contributed by atoms with Gasteiger partial charge in [-0.1, -0.05) is 26.7 Å². The Labute approximate surface area is 134 Å². The van der Waals surface area contributed by atoms with Crippen LogP contribution in [0.15, 0.2) is 5.10 Å². The fourth-order valence-electron chi connectivity index (χ4n) is 7.25. The predicted molar refractivity (Wildman–Crippen MR) is 89.4 cm³/mol. The van der Waals surface area contributed by atoms with Gasteiger partial charge in [0.15, 0.2) is 0 Å². The highest BCUT2D eigenvalue weighted by molar-refractivity contribution is 5.93. The fraction of sp³-hybridized carbons (Fsp3) is 0.947. The van der Waals surface area contributed by atoms with Crippen molar-refractivity contribution in [3.05, 3.63) is 0 Å². The first-order valence-electron chi connectivity index (χ1n) is 9.45. The Kier molecular flexibility index (Phi) is 3.21. The van der Waals surface area contributed by atoms with Gasteiger partial charge in [-0.3, -0.25) is 0 Å². The van der Waals surface area contributed by atoms with E-state index in [2.05, 4.69) is 18.9 Å². The molecule has 3 nitrogen and oxygen atoms in total. The molecule has 22 heavy (non-hydrogen) atoms. The van der Waals surface area contributed by atoms with Crippen LogP contribution in [0.5, 0.6) is 0 Å². The first-order chi connectivity index (χ1) is 10.5.